The topological polar surface area (TPSA) is 120 Å². The van der Waals surface area contributed by atoms with Crippen LogP contribution >= 0.6 is 0 Å². The maximum atomic E-state index is 12.1. The van der Waals surface area contributed by atoms with Crippen molar-refractivity contribution in [3.05, 3.63) is 59.7 Å². The summed E-state index contributed by atoms with van der Waals surface area (Å²) in [6.45, 7) is -1.93. The summed E-state index contributed by atoms with van der Waals surface area (Å²) in [5.74, 6) is -2.72. The van der Waals surface area contributed by atoms with E-state index < -0.39 is 37.1 Å². The van der Waals surface area contributed by atoms with Crippen LogP contribution in [0.3, 0.4) is 0 Å². The highest BCUT2D eigenvalue weighted by Crippen LogP contribution is 2.15. The summed E-state index contributed by atoms with van der Waals surface area (Å²) in [4.78, 5) is 47.4. The Bertz CT molecular complexity index is 949. The Balaban J connectivity index is 1.86. The van der Waals surface area contributed by atoms with Gasteiger partial charge in [-0.25, -0.2) is 9.59 Å². The van der Waals surface area contributed by atoms with Crippen LogP contribution in [0, 0.1) is 0 Å². The Labute approximate surface area is 175 Å². The number of hydrogen-bond acceptors (Lipinski definition) is 7. The van der Waals surface area contributed by atoms with Gasteiger partial charge in [0.15, 0.2) is 6.61 Å². The van der Waals surface area contributed by atoms with Gasteiger partial charge in [-0.1, -0.05) is 6.07 Å². The molecule has 11 heteroatoms. The second-order valence-electron chi connectivity index (χ2n) is 5.78. The summed E-state index contributed by atoms with van der Waals surface area (Å²) in [6, 6.07) is 10.4. The molecule has 2 rings (SSSR count). The van der Waals surface area contributed by atoms with E-state index in [1.54, 1.807) is 6.92 Å². The van der Waals surface area contributed by atoms with Gasteiger partial charge in [-0.15, -0.1) is 0 Å². The van der Waals surface area contributed by atoms with E-state index in [0.29, 0.717) is 0 Å². The molecule has 0 aliphatic rings. The molecule has 0 atom stereocenters. The second kappa shape index (κ2) is 11.2. The van der Waals surface area contributed by atoms with Gasteiger partial charge in [0.1, 0.15) is 5.75 Å². The Kier molecular flexibility index (Phi) is 8.43. The van der Waals surface area contributed by atoms with Gasteiger partial charge in [0.2, 0.25) is 0 Å². The van der Waals surface area contributed by atoms with E-state index in [1.165, 1.54) is 36.4 Å². The van der Waals surface area contributed by atoms with Crippen LogP contribution in [0.4, 0.5) is 19.3 Å². The lowest BCUT2D eigenvalue weighted by atomic mass is 10.2. The number of amides is 3. The third-order valence-electron chi connectivity index (χ3n) is 3.55. The number of benzene rings is 2. The number of imide groups is 1. The molecule has 3 amide bonds. The molecule has 0 saturated heterocycles. The van der Waals surface area contributed by atoms with Crippen LogP contribution in [0.1, 0.15) is 27.6 Å². The highest BCUT2D eigenvalue weighted by atomic mass is 19.3. The first-order chi connectivity index (χ1) is 14.8. The van der Waals surface area contributed by atoms with Crippen LogP contribution in [-0.4, -0.2) is 43.7 Å². The zero-order valence-corrected chi connectivity index (χ0v) is 16.2. The molecule has 0 radical (unpaired) electrons. The lowest BCUT2D eigenvalue weighted by Gasteiger charge is -2.08. The van der Waals surface area contributed by atoms with E-state index >= 15 is 0 Å². The second-order valence-corrected chi connectivity index (χ2v) is 5.78. The van der Waals surface area contributed by atoms with E-state index in [4.69, 9.17) is 9.47 Å². The Morgan fingerprint density at radius 3 is 2.32 bits per heavy atom. The van der Waals surface area contributed by atoms with E-state index in [2.05, 4.69) is 10.1 Å². The summed E-state index contributed by atoms with van der Waals surface area (Å²) in [5, 5.41) is 4.42. The molecule has 0 unspecified atom stereocenters. The molecule has 9 nitrogen and oxygen atoms in total. The monoisotopic (exact) mass is 436 g/mol. The van der Waals surface area contributed by atoms with E-state index in [1.807, 2.05) is 5.32 Å². The van der Waals surface area contributed by atoms with Gasteiger partial charge in [-0.05, 0) is 49.4 Å². The van der Waals surface area contributed by atoms with Gasteiger partial charge >= 0.3 is 18.7 Å². The van der Waals surface area contributed by atoms with Gasteiger partial charge < -0.3 is 14.2 Å². The van der Waals surface area contributed by atoms with E-state index in [9.17, 15) is 28.0 Å². The Morgan fingerprint density at radius 1 is 0.968 bits per heavy atom. The van der Waals surface area contributed by atoms with Crippen molar-refractivity contribution in [1.82, 2.24) is 5.32 Å². The highest BCUT2D eigenvalue weighted by Gasteiger charge is 2.15. The molecule has 0 heterocycles. The fraction of sp³-hybridized carbons (Fsp3) is 0.200. The fourth-order valence-electron chi connectivity index (χ4n) is 2.25. The maximum Gasteiger partial charge on any atom is 0.411 e. The maximum absolute atomic E-state index is 12.1. The number of anilines is 1. The molecule has 0 aliphatic heterocycles. The smallest absolute Gasteiger partial charge is 0.411 e. The van der Waals surface area contributed by atoms with Gasteiger partial charge in [0, 0.05) is 11.3 Å². The lowest BCUT2D eigenvalue weighted by molar-refractivity contribution is -0.123. The van der Waals surface area contributed by atoms with E-state index in [0.717, 1.165) is 12.1 Å². The van der Waals surface area contributed by atoms with Gasteiger partial charge in [-0.3, -0.25) is 20.2 Å². The van der Waals surface area contributed by atoms with E-state index in [-0.39, 0.29) is 29.2 Å². The third kappa shape index (κ3) is 7.72. The first-order valence-corrected chi connectivity index (χ1v) is 8.88. The van der Waals surface area contributed by atoms with Crippen molar-refractivity contribution in [2.45, 2.75) is 13.5 Å². The first kappa shape index (κ1) is 23.3. The zero-order valence-electron chi connectivity index (χ0n) is 16.2. The van der Waals surface area contributed by atoms with Crippen molar-refractivity contribution in [2.24, 2.45) is 0 Å². The standard InChI is InChI=1S/C20H18F2N2O7/c1-2-29-20(28)23-14-5-3-4-13(10-14)18(27)30-11-16(25)24-17(26)12-6-8-15(9-7-12)31-19(21)22/h3-10,19H,2,11H2,1H3,(H,23,28)(H,24,25,26). The van der Waals surface area contributed by atoms with Gasteiger partial charge in [0.25, 0.3) is 11.8 Å². The predicted octanol–water partition coefficient (Wildman–Crippen LogP) is 2.97. The molecule has 0 fully saturated rings. The highest BCUT2D eigenvalue weighted by molar-refractivity contribution is 6.05. The molecule has 0 spiro atoms. The van der Waals surface area contributed by atoms with Gasteiger partial charge in [-0.2, -0.15) is 8.78 Å². The quantitative estimate of drug-likeness (QED) is 0.611. The Morgan fingerprint density at radius 2 is 1.68 bits per heavy atom. The zero-order chi connectivity index (χ0) is 22.8. The summed E-state index contributed by atoms with van der Waals surface area (Å²) in [7, 11) is 0. The molecule has 0 aliphatic carbocycles. The van der Waals surface area contributed by atoms with Crippen molar-refractivity contribution in [2.75, 3.05) is 18.5 Å². The van der Waals surface area contributed by atoms with Crippen molar-refractivity contribution in [3.63, 3.8) is 0 Å². The average Bonchev–Trinajstić information content (AvgIpc) is 2.72. The SMILES string of the molecule is CCOC(=O)Nc1cccc(C(=O)OCC(=O)NC(=O)c2ccc(OC(F)F)cc2)c1. The van der Waals surface area contributed by atoms with Crippen LogP contribution < -0.4 is 15.4 Å². The van der Waals surface area contributed by atoms with Crippen molar-refractivity contribution in [1.29, 1.82) is 0 Å². The number of alkyl halides is 2. The van der Waals surface area contributed by atoms with Crippen LogP contribution in [-0.2, 0) is 14.3 Å². The number of esters is 1. The lowest BCUT2D eigenvalue weighted by Crippen LogP contribution is -2.34. The number of carbonyl (C=O) groups is 4. The molecule has 0 bridgehead atoms. The summed E-state index contributed by atoms with van der Waals surface area (Å²) >= 11 is 0. The molecule has 2 aromatic rings. The number of rotatable bonds is 8. The number of carbonyl (C=O) groups excluding carboxylic acids is 4. The molecular formula is C20H18F2N2O7. The fourth-order valence-corrected chi connectivity index (χ4v) is 2.25. The number of hydrogen-bond donors (Lipinski definition) is 2. The van der Waals surface area contributed by atoms with Crippen LogP contribution in [0.2, 0.25) is 0 Å². The first-order valence-electron chi connectivity index (χ1n) is 8.88. The van der Waals surface area contributed by atoms with Crippen molar-refractivity contribution in [3.8, 4) is 5.75 Å². The van der Waals surface area contributed by atoms with Crippen LogP contribution in [0.15, 0.2) is 48.5 Å². The van der Waals surface area contributed by atoms with Crippen LogP contribution in [0.5, 0.6) is 5.75 Å². The third-order valence-corrected chi connectivity index (χ3v) is 3.55. The minimum Gasteiger partial charge on any atom is -0.452 e. The van der Waals surface area contributed by atoms with Crippen molar-refractivity contribution >= 4 is 29.6 Å². The number of halogens is 2. The molecule has 2 N–H and O–H groups in total. The summed E-state index contributed by atoms with van der Waals surface area (Å²) in [5.41, 5.74) is 0.355. The summed E-state index contributed by atoms with van der Waals surface area (Å²) < 4.78 is 38.0. The normalized spacial score (nSPS) is 10.2. The number of ether oxygens (including phenoxy) is 3. The van der Waals surface area contributed by atoms with Gasteiger partial charge in [0.05, 0.1) is 12.2 Å². The minimum absolute atomic E-state index is 0.0130. The van der Waals surface area contributed by atoms with Crippen LogP contribution in [0.25, 0.3) is 0 Å². The molecule has 31 heavy (non-hydrogen) atoms. The predicted molar refractivity (Wildman–Crippen MR) is 103 cm³/mol. The molecular weight excluding hydrogens is 418 g/mol. The minimum atomic E-state index is -3.00. The summed E-state index contributed by atoms with van der Waals surface area (Å²) in [6.07, 6.45) is -0.695. The molecule has 0 saturated carbocycles. The largest absolute Gasteiger partial charge is 0.452 e. The average molecular weight is 436 g/mol. The number of nitrogens with one attached hydrogen (secondary N) is 2. The van der Waals surface area contributed by atoms with Crippen molar-refractivity contribution < 1.29 is 42.2 Å². The molecule has 164 valence electrons. The Hall–Kier alpha value is -4.02. The molecule has 0 aromatic heterocycles. The molecule has 2 aromatic carbocycles.